The number of anilines is 2. The van der Waals surface area contributed by atoms with Gasteiger partial charge in [0.1, 0.15) is 0 Å². The molecule has 0 N–H and O–H groups in total. The number of fused-ring (bicyclic) bond motifs is 1. The SMILES string of the molecule is COCCN(C(C)=O)c1ccc2c(c1)N(Cc1ccccc1)C(=CC(C)=O)S2. The van der Waals surface area contributed by atoms with Crippen LogP contribution in [-0.2, 0) is 20.9 Å². The first-order valence-corrected chi connectivity index (χ1v) is 9.94. The summed E-state index contributed by atoms with van der Waals surface area (Å²) in [6.07, 6.45) is 1.67. The molecule has 0 spiro atoms. The first kappa shape index (κ1) is 20.2. The van der Waals surface area contributed by atoms with Gasteiger partial charge in [0, 0.05) is 43.8 Å². The summed E-state index contributed by atoms with van der Waals surface area (Å²) in [5.41, 5.74) is 2.98. The summed E-state index contributed by atoms with van der Waals surface area (Å²) in [5.74, 6) is -0.0178. The third-order valence-electron chi connectivity index (χ3n) is 4.43. The van der Waals surface area contributed by atoms with Crippen LogP contribution in [0.2, 0.25) is 0 Å². The molecule has 0 saturated carbocycles. The molecular formula is C22H24N2O3S. The highest BCUT2D eigenvalue weighted by molar-refractivity contribution is 8.03. The molecule has 6 heteroatoms. The lowest BCUT2D eigenvalue weighted by molar-refractivity contribution is -0.116. The van der Waals surface area contributed by atoms with Crippen molar-refractivity contribution < 1.29 is 14.3 Å². The van der Waals surface area contributed by atoms with E-state index in [-0.39, 0.29) is 11.7 Å². The highest BCUT2D eigenvalue weighted by Crippen LogP contribution is 2.48. The predicted molar refractivity (Wildman–Crippen MR) is 114 cm³/mol. The van der Waals surface area contributed by atoms with Gasteiger partial charge in [0.2, 0.25) is 5.91 Å². The highest BCUT2D eigenvalue weighted by Gasteiger charge is 2.27. The molecule has 1 aliphatic heterocycles. The van der Waals surface area contributed by atoms with Crippen LogP contribution in [-0.4, -0.2) is 32.0 Å². The van der Waals surface area contributed by atoms with E-state index in [0.717, 1.165) is 26.9 Å². The molecule has 1 aliphatic rings. The van der Waals surface area contributed by atoms with Crippen molar-refractivity contribution in [1.29, 1.82) is 0 Å². The van der Waals surface area contributed by atoms with Gasteiger partial charge in [-0.3, -0.25) is 9.59 Å². The van der Waals surface area contributed by atoms with Crippen molar-refractivity contribution in [3.63, 3.8) is 0 Å². The lowest BCUT2D eigenvalue weighted by atomic mass is 10.2. The van der Waals surface area contributed by atoms with Gasteiger partial charge in [-0.1, -0.05) is 42.1 Å². The number of benzene rings is 2. The molecule has 0 fully saturated rings. The number of amides is 1. The largest absolute Gasteiger partial charge is 0.383 e. The number of carbonyl (C=O) groups is 2. The predicted octanol–water partition coefficient (Wildman–Crippen LogP) is 4.23. The minimum atomic E-state index is -0.0308. The Bertz CT molecular complexity index is 896. The standard InChI is InChI=1S/C22H24N2O3S/c1-16(25)13-22-24(15-18-7-5-4-6-8-18)20-14-19(9-10-21(20)28-22)23(17(2)26)11-12-27-3/h4-10,13-14H,11-12,15H2,1-3H3. The summed E-state index contributed by atoms with van der Waals surface area (Å²) in [4.78, 5) is 28.8. The van der Waals surface area contributed by atoms with Crippen molar-refractivity contribution in [2.45, 2.75) is 25.3 Å². The number of nitrogens with zero attached hydrogens (tertiary/aromatic N) is 2. The average Bonchev–Trinajstić information content (AvgIpc) is 2.99. The van der Waals surface area contributed by atoms with Gasteiger partial charge in [-0.2, -0.15) is 0 Å². The zero-order valence-corrected chi connectivity index (χ0v) is 17.2. The first-order chi connectivity index (χ1) is 13.5. The van der Waals surface area contributed by atoms with Gasteiger partial charge in [0.05, 0.1) is 17.3 Å². The lowest BCUT2D eigenvalue weighted by Crippen LogP contribution is -2.31. The molecule has 0 atom stereocenters. The van der Waals surface area contributed by atoms with E-state index in [0.29, 0.717) is 19.7 Å². The number of carbonyl (C=O) groups excluding carboxylic acids is 2. The molecule has 2 aromatic carbocycles. The van der Waals surface area contributed by atoms with Crippen LogP contribution in [0.5, 0.6) is 0 Å². The average molecular weight is 397 g/mol. The van der Waals surface area contributed by atoms with Crippen LogP contribution in [0.3, 0.4) is 0 Å². The summed E-state index contributed by atoms with van der Waals surface area (Å²) in [6, 6.07) is 16.1. The van der Waals surface area contributed by atoms with E-state index in [9.17, 15) is 9.59 Å². The maximum Gasteiger partial charge on any atom is 0.223 e. The fourth-order valence-electron chi connectivity index (χ4n) is 3.12. The van der Waals surface area contributed by atoms with Crippen molar-refractivity contribution in [2.24, 2.45) is 0 Å². The second-order valence-corrected chi connectivity index (χ2v) is 7.64. The zero-order chi connectivity index (χ0) is 20.1. The summed E-state index contributed by atoms with van der Waals surface area (Å²) in [7, 11) is 1.62. The normalized spacial score (nSPS) is 14.2. The molecule has 0 unspecified atom stereocenters. The van der Waals surface area contributed by atoms with Gasteiger partial charge in [0.25, 0.3) is 0 Å². The van der Waals surface area contributed by atoms with Crippen LogP contribution < -0.4 is 9.80 Å². The molecular weight excluding hydrogens is 372 g/mol. The fourth-order valence-corrected chi connectivity index (χ4v) is 4.25. The van der Waals surface area contributed by atoms with Crippen molar-refractivity contribution in [1.82, 2.24) is 0 Å². The van der Waals surface area contributed by atoms with Gasteiger partial charge >= 0.3 is 0 Å². The fraction of sp³-hybridized carbons (Fsp3) is 0.273. The van der Waals surface area contributed by atoms with E-state index in [4.69, 9.17) is 4.74 Å². The van der Waals surface area contributed by atoms with Crippen LogP contribution >= 0.6 is 11.8 Å². The Kier molecular flexibility index (Phi) is 6.54. The molecule has 0 bridgehead atoms. The molecule has 0 aromatic heterocycles. The Morgan fingerprint density at radius 2 is 1.89 bits per heavy atom. The molecule has 0 aliphatic carbocycles. The minimum Gasteiger partial charge on any atom is -0.383 e. The third kappa shape index (κ3) is 4.64. The zero-order valence-electron chi connectivity index (χ0n) is 16.3. The maximum atomic E-state index is 12.1. The smallest absolute Gasteiger partial charge is 0.223 e. The number of hydrogen-bond donors (Lipinski definition) is 0. The Labute approximate surface area is 170 Å². The monoisotopic (exact) mass is 396 g/mol. The maximum absolute atomic E-state index is 12.1. The van der Waals surface area contributed by atoms with Crippen molar-refractivity contribution in [2.75, 3.05) is 30.1 Å². The van der Waals surface area contributed by atoms with E-state index in [1.807, 2.05) is 36.4 Å². The quantitative estimate of drug-likeness (QED) is 0.656. The molecule has 2 aromatic rings. The van der Waals surface area contributed by atoms with Gasteiger partial charge < -0.3 is 14.5 Å². The lowest BCUT2D eigenvalue weighted by Gasteiger charge is -2.24. The third-order valence-corrected chi connectivity index (χ3v) is 5.55. The highest BCUT2D eigenvalue weighted by atomic mass is 32.2. The van der Waals surface area contributed by atoms with Crippen LogP contribution in [0.15, 0.2) is 64.5 Å². The van der Waals surface area contributed by atoms with Gasteiger partial charge in [0.15, 0.2) is 5.78 Å². The Hall–Kier alpha value is -2.57. The number of rotatable bonds is 7. The van der Waals surface area contributed by atoms with Crippen LogP contribution in [0.25, 0.3) is 0 Å². The van der Waals surface area contributed by atoms with E-state index < -0.39 is 0 Å². The van der Waals surface area contributed by atoms with Gasteiger partial charge in [-0.05, 0) is 30.7 Å². The van der Waals surface area contributed by atoms with E-state index in [2.05, 4.69) is 17.0 Å². The Morgan fingerprint density at radius 1 is 1.14 bits per heavy atom. The van der Waals surface area contributed by atoms with E-state index in [1.165, 1.54) is 0 Å². The summed E-state index contributed by atoms with van der Waals surface area (Å²) >= 11 is 1.58. The number of thioether (sulfide) groups is 1. The minimum absolute atomic E-state index is 0.0130. The van der Waals surface area contributed by atoms with Crippen molar-refractivity contribution >= 4 is 34.8 Å². The molecule has 0 radical (unpaired) electrons. The number of allylic oxidation sites excluding steroid dienone is 1. The van der Waals surface area contributed by atoms with Gasteiger partial charge in [-0.15, -0.1) is 0 Å². The van der Waals surface area contributed by atoms with Crippen molar-refractivity contribution in [3.8, 4) is 0 Å². The van der Waals surface area contributed by atoms with Crippen molar-refractivity contribution in [3.05, 3.63) is 65.2 Å². The number of ketones is 1. The molecule has 3 rings (SSSR count). The van der Waals surface area contributed by atoms with E-state index in [1.54, 1.807) is 43.7 Å². The topological polar surface area (TPSA) is 49.9 Å². The molecule has 146 valence electrons. The second kappa shape index (κ2) is 9.08. The second-order valence-electron chi connectivity index (χ2n) is 6.58. The molecule has 5 nitrogen and oxygen atoms in total. The van der Waals surface area contributed by atoms with Gasteiger partial charge in [-0.25, -0.2) is 0 Å². The number of methoxy groups -OCH3 is 1. The Balaban J connectivity index is 1.99. The summed E-state index contributed by atoms with van der Waals surface area (Å²) in [6.45, 7) is 4.73. The Morgan fingerprint density at radius 3 is 2.54 bits per heavy atom. The van der Waals surface area contributed by atoms with Crippen LogP contribution in [0.1, 0.15) is 19.4 Å². The van der Waals surface area contributed by atoms with Crippen LogP contribution in [0.4, 0.5) is 11.4 Å². The van der Waals surface area contributed by atoms with Crippen LogP contribution in [0, 0.1) is 0 Å². The molecule has 1 amide bonds. The number of hydrogen-bond acceptors (Lipinski definition) is 5. The molecule has 0 saturated heterocycles. The number of ether oxygens (including phenoxy) is 1. The van der Waals surface area contributed by atoms with E-state index >= 15 is 0 Å². The molecule has 28 heavy (non-hydrogen) atoms. The first-order valence-electron chi connectivity index (χ1n) is 9.12. The molecule has 1 heterocycles. The summed E-state index contributed by atoms with van der Waals surface area (Å²) < 4.78 is 5.14. The summed E-state index contributed by atoms with van der Waals surface area (Å²) in [5, 5.41) is 0.898.